The van der Waals surface area contributed by atoms with Gasteiger partial charge in [-0.15, -0.1) is 0 Å². The summed E-state index contributed by atoms with van der Waals surface area (Å²) in [4.78, 5) is 5.09. The fourth-order valence-corrected chi connectivity index (χ4v) is 4.17. The Bertz CT molecular complexity index is 788. The van der Waals surface area contributed by atoms with Crippen molar-refractivity contribution in [1.82, 2.24) is 0 Å². The third-order valence-corrected chi connectivity index (χ3v) is 5.55. The van der Waals surface area contributed by atoms with Crippen molar-refractivity contribution in [3.05, 3.63) is 77.9 Å². The van der Waals surface area contributed by atoms with Gasteiger partial charge >= 0.3 is 0 Å². The number of rotatable bonds is 1. The highest BCUT2D eigenvalue weighted by molar-refractivity contribution is 7.99. The molecule has 0 saturated heterocycles. The molecular formula is C20H17NS. The predicted molar refractivity (Wildman–Crippen MR) is 94.7 cm³/mol. The summed E-state index contributed by atoms with van der Waals surface area (Å²) in [6, 6.07) is 23.7. The summed E-state index contributed by atoms with van der Waals surface area (Å²) in [6.07, 6.45) is 0. The standard InChI is InChI=1S/C20H17NS/c1-14-8-6-12-17-19(14)22-20-15(2)9-7-13-18(20)21(17)16-10-4-3-5-11-16/h3-13H,1-2H3. The Morgan fingerprint density at radius 1 is 0.636 bits per heavy atom. The van der Waals surface area contributed by atoms with Crippen molar-refractivity contribution in [1.29, 1.82) is 0 Å². The Balaban J connectivity index is 2.02. The molecular weight excluding hydrogens is 286 g/mol. The lowest BCUT2D eigenvalue weighted by atomic mass is 10.1. The number of benzene rings is 3. The molecule has 0 radical (unpaired) electrons. The van der Waals surface area contributed by atoms with E-state index < -0.39 is 0 Å². The Morgan fingerprint density at radius 3 is 1.73 bits per heavy atom. The summed E-state index contributed by atoms with van der Waals surface area (Å²) in [7, 11) is 0. The van der Waals surface area contributed by atoms with E-state index in [1.54, 1.807) is 0 Å². The molecule has 0 N–H and O–H groups in total. The molecule has 108 valence electrons. The highest BCUT2D eigenvalue weighted by Gasteiger charge is 2.26. The first-order valence-electron chi connectivity index (χ1n) is 7.48. The molecule has 4 rings (SSSR count). The first-order chi connectivity index (χ1) is 10.8. The number of fused-ring (bicyclic) bond motifs is 2. The predicted octanol–water partition coefficient (Wildman–Crippen LogP) is 6.24. The Hall–Kier alpha value is -2.19. The van der Waals surface area contributed by atoms with Crippen LogP contribution in [0, 0.1) is 13.8 Å². The number of hydrogen-bond donors (Lipinski definition) is 0. The normalized spacial score (nSPS) is 12.7. The molecule has 0 unspecified atom stereocenters. The minimum atomic E-state index is 1.21. The largest absolute Gasteiger partial charge is 0.308 e. The molecule has 1 aliphatic rings. The maximum Gasteiger partial charge on any atom is 0.0604 e. The SMILES string of the molecule is Cc1cccc2c1Sc1c(C)cccc1N2c1ccccc1. The molecule has 0 amide bonds. The second kappa shape index (κ2) is 5.22. The highest BCUT2D eigenvalue weighted by atomic mass is 32.2. The zero-order chi connectivity index (χ0) is 15.1. The number of para-hydroxylation sites is 1. The van der Waals surface area contributed by atoms with E-state index in [0.717, 1.165) is 0 Å². The van der Waals surface area contributed by atoms with Crippen molar-refractivity contribution >= 4 is 28.8 Å². The minimum absolute atomic E-state index is 1.21. The molecule has 0 saturated carbocycles. The lowest BCUT2D eigenvalue weighted by molar-refractivity contribution is 1.12. The average Bonchev–Trinajstić information content (AvgIpc) is 2.55. The van der Waals surface area contributed by atoms with Crippen LogP contribution in [0.1, 0.15) is 11.1 Å². The van der Waals surface area contributed by atoms with Gasteiger partial charge in [-0.2, -0.15) is 0 Å². The van der Waals surface area contributed by atoms with E-state index in [4.69, 9.17) is 0 Å². The molecule has 1 nitrogen and oxygen atoms in total. The fraction of sp³-hybridized carbons (Fsp3) is 0.100. The molecule has 0 fully saturated rings. The molecule has 22 heavy (non-hydrogen) atoms. The van der Waals surface area contributed by atoms with Crippen LogP contribution in [-0.4, -0.2) is 0 Å². The lowest BCUT2D eigenvalue weighted by Gasteiger charge is -2.34. The van der Waals surface area contributed by atoms with E-state index >= 15 is 0 Å². The summed E-state index contributed by atoms with van der Waals surface area (Å²) < 4.78 is 0. The van der Waals surface area contributed by atoms with Crippen molar-refractivity contribution in [3.8, 4) is 0 Å². The van der Waals surface area contributed by atoms with Crippen LogP contribution in [0.25, 0.3) is 0 Å². The van der Waals surface area contributed by atoms with E-state index in [1.165, 1.54) is 38.0 Å². The highest BCUT2D eigenvalue weighted by Crippen LogP contribution is 2.53. The maximum absolute atomic E-state index is 2.38. The molecule has 0 atom stereocenters. The topological polar surface area (TPSA) is 3.24 Å². The summed E-state index contributed by atoms with van der Waals surface area (Å²) >= 11 is 1.89. The molecule has 0 spiro atoms. The van der Waals surface area contributed by atoms with Gasteiger partial charge in [0.25, 0.3) is 0 Å². The first-order valence-corrected chi connectivity index (χ1v) is 8.29. The number of anilines is 3. The monoisotopic (exact) mass is 303 g/mol. The fourth-order valence-electron chi connectivity index (χ4n) is 2.98. The minimum Gasteiger partial charge on any atom is -0.308 e. The van der Waals surface area contributed by atoms with E-state index in [1.807, 2.05) is 11.8 Å². The molecule has 2 heteroatoms. The van der Waals surface area contributed by atoms with Gasteiger partial charge in [-0.25, -0.2) is 0 Å². The molecule has 3 aromatic rings. The Morgan fingerprint density at radius 2 is 1.18 bits per heavy atom. The van der Waals surface area contributed by atoms with Crippen LogP contribution in [-0.2, 0) is 0 Å². The van der Waals surface area contributed by atoms with Crippen molar-refractivity contribution in [3.63, 3.8) is 0 Å². The molecule has 1 aliphatic heterocycles. The third-order valence-electron chi connectivity index (χ3n) is 4.08. The van der Waals surface area contributed by atoms with E-state index in [0.29, 0.717) is 0 Å². The van der Waals surface area contributed by atoms with Crippen LogP contribution in [0.5, 0.6) is 0 Å². The van der Waals surface area contributed by atoms with Gasteiger partial charge in [-0.3, -0.25) is 0 Å². The summed E-state index contributed by atoms with van der Waals surface area (Å²) in [5.74, 6) is 0. The average molecular weight is 303 g/mol. The summed E-state index contributed by atoms with van der Waals surface area (Å²) in [6.45, 7) is 4.39. The lowest BCUT2D eigenvalue weighted by Crippen LogP contribution is -2.15. The van der Waals surface area contributed by atoms with Gasteiger partial charge in [0.1, 0.15) is 0 Å². The van der Waals surface area contributed by atoms with Gasteiger partial charge in [0.05, 0.1) is 11.4 Å². The Kier molecular flexibility index (Phi) is 3.20. The van der Waals surface area contributed by atoms with E-state index in [-0.39, 0.29) is 0 Å². The van der Waals surface area contributed by atoms with Gasteiger partial charge < -0.3 is 4.90 Å². The molecule has 0 aromatic heterocycles. The van der Waals surface area contributed by atoms with Gasteiger partial charge in [0.2, 0.25) is 0 Å². The number of aryl methyl sites for hydroxylation is 2. The van der Waals surface area contributed by atoms with Gasteiger partial charge in [-0.1, -0.05) is 54.2 Å². The van der Waals surface area contributed by atoms with Gasteiger partial charge in [0.15, 0.2) is 0 Å². The smallest absolute Gasteiger partial charge is 0.0604 e. The Labute approximate surface area is 135 Å². The van der Waals surface area contributed by atoms with Crippen molar-refractivity contribution in [2.24, 2.45) is 0 Å². The first kappa shape index (κ1) is 13.5. The summed E-state index contributed by atoms with van der Waals surface area (Å²) in [5, 5.41) is 0. The zero-order valence-corrected chi connectivity index (χ0v) is 13.5. The van der Waals surface area contributed by atoms with Crippen LogP contribution >= 0.6 is 11.8 Å². The van der Waals surface area contributed by atoms with Crippen LogP contribution in [0.15, 0.2) is 76.5 Å². The molecule has 1 heterocycles. The van der Waals surface area contributed by atoms with Crippen LogP contribution in [0.4, 0.5) is 17.1 Å². The van der Waals surface area contributed by atoms with Gasteiger partial charge in [-0.05, 0) is 49.2 Å². The van der Waals surface area contributed by atoms with E-state index in [9.17, 15) is 0 Å². The molecule has 0 aliphatic carbocycles. The van der Waals surface area contributed by atoms with Crippen LogP contribution in [0.2, 0.25) is 0 Å². The zero-order valence-electron chi connectivity index (χ0n) is 12.7. The maximum atomic E-state index is 2.38. The van der Waals surface area contributed by atoms with Crippen molar-refractivity contribution in [2.45, 2.75) is 23.6 Å². The van der Waals surface area contributed by atoms with Crippen LogP contribution < -0.4 is 4.90 Å². The molecule has 3 aromatic carbocycles. The van der Waals surface area contributed by atoms with Crippen molar-refractivity contribution < 1.29 is 0 Å². The quantitative estimate of drug-likeness (QED) is 0.409. The summed E-state index contributed by atoms with van der Waals surface area (Å²) in [5.41, 5.74) is 6.42. The third kappa shape index (κ3) is 2.03. The van der Waals surface area contributed by atoms with Crippen LogP contribution in [0.3, 0.4) is 0 Å². The second-order valence-electron chi connectivity index (χ2n) is 5.62. The number of nitrogens with zero attached hydrogens (tertiary/aromatic N) is 1. The molecule has 0 bridgehead atoms. The second-order valence-corrected chi connectivity index (χ2v) is 6.64. The van der Waals surface area contributed by atoms with Gasteiger partial charge in [0, 0.05) is 15.5 Å². The number of hydrogen-bond acceptors (Lipinski definition) is 2. The van der Waals surface area contributed by atoms with Crippen molar-refractivity contribution in [2.75, 3.05) is 4.90 Å². The van der Waals surface area contributed by atoms with E-state index in [2.05, 4.69) is 85.5 Å².